The van der Waals surface area contributed by atoms with Gasteiger partial charge in [-0.05, 0) is 48.4 Å². The summed E-state index contributed by atoms with van der Waals surface area (Å²) in [6, 6.07) is 11.6. The van der Waals surface area contributed by atoms with Gasteiger partial charge in [-0.3, -0.25) is 0 Å². The average molecular weight is 395 g/mol. The van der Waals surface area contributed by atoms with Gasteiger partial charge in [-0.25, -0.2) is 18.6 Å². The molecule has 0 unspecified atom stereocenters. The van der Waals surface area contributed by atoms with Gasteiger partial charge in [0, 0.05) is 29.6 Å². The maximum absolute atomic E-state index is 14.1. The number of ether oxygens (including phenoxy) is 1. The highest BCUT2D eigenvalue weighted by atomic mass is 19.1. The predicted octanol–water partition coefficient (Wildman–Crippen LogP) is 4.86. The lowest BCUT2D eigenvalue weighted by Crippen LogP contribution is -2.11. The Balaban J connectivity index is 1.73. The summed E-state index contributed by atoms with van der Waals surface area (Å²) in [5, 5.41) is 10.2. The van der Waals surface area contributed by atoms with Crippen LogP contribution in [-0.4, -0.2) is 10.1 Å². The molecule has 2 heterocycles. The summed E-state index contributed by atoms with van der Waals surface area (Å²) in [4.78, 5) is 16.3. The second kappa shape index (κ2) is 7.35. The third-order valence-electron chi connectivity index (χ3n) is 4.62. The summed E-state index contributed by atoms with van der Waals surface area (Å²) in [5.74, 6) is -1.80. The van der Waals surface area contributed by atoms with Crippen LogP contribution in [0.4, 0.5) is 8.78 Å². The number of phenols is 1. The van der Waals surface area contributed by atoms with Crippen molar-refractivity contribution in [2.24, 2.45) is 0 Å². The molecule has 4 aromatic rings. The zero-order valence-corrected chi connectivity index (χ0v) is 15.3. The van der Waals surface area contributed by atoms with Crippen molar-refractivity contribution >= 4 is 11.0 Å². The fourth-order valence-corrected chi connectivity index (χ4v) is 3.09. The van der Waals surface area contributed by atoms with Gasteiger partial charge in [0.05, 0.1) is 0 Å². The third kappa shape index (κ3) is 3.54. The molecule has 1 N–H and O–H groups in total. The van der Waals surface area contributed by atoms with E-state index in [1.807, 2.05) is 0 Å². The SMILES string of the molecule is Cc1c(Cc2cccc(O)c2F)c(=O)oc2cc(Oc3ncccc3F)ccc12. The Hall–Kier alpha value is -3.74. The number of pyridine rings is 1. The number of hydrogen-bond acceptors (Lipinski definition) is 5. The number of nitrogens with zero attached hydrogens (tertiary/aromatic N) is 1. The van der Waals surface area contributed by atoms with Crippen LogP contribution in [-0.2, 0) is 6.42 Å². The molecule has 2 aromatic heterocycles. The van der Waals surface area contributed by atoms with Crippen LogP contribution in [0.2, 0.25) is 0 Å². The lowest BCUT2D eigenvalue weighted by atomic mass is 9.99. The molecule has 7 heteroatoms. The van der Waals surface area contributed by atoms with Crippen molar-refractivity contribution in [3.05, 3.63) is 93.5 Å². The van der Waals surface area contributed by atoms with Crippen LogP contribution in [0.5, 0.6) is 17.4 Å². The standard InChI is InChI=1S/C22H15F2NO4/c1-12-15-8-7-14(28-21-17(23)5-3-9-25-21)11-19(15)29-22(27)16(12)10-13-4-2-6-18(26)20(13)24/h2-9,11,26H,10H2,1H3. The number of halogens is 2. The van der Waals surface area contributed by atoms with Crippen molar-refractivity contribution in [1.82, 2.24) is 4.98 Å². The number of fused-ring (bicyclic) bond motifs is 1. The van der Waals surface area contributed by atoms with E-state index in [0.29, 0.717) is 10.9 Å². The molecule has 4 rings (SSSR count). The number of benzene rings is 2. The molecule has 0 aliphatic heterocycles. The Morgan fingerprint density at radius 2 is 1.97 bits per heavy atom. The Labute approximate surface area is 163 Å². The van der Waals surface area contributed by atoms with E-state index >= 15 is 0 Å². The van der Waals surface area contributed by atoms with Gasteiger partial charge in [0.1, 0.15) is 11.3 Å². The third-order valence-corrected chi connectivity index (χ3v) is 4.62. The van der Waals surface area contributed by atoms with Crippen molar-refractivity contribution in [3.8, 4) is 17.4 Å². The Bertz CT molecular complexity index is 1280. The zero-order chi connectivity index (χ0) is 20.5. The molecular formula is C22H15F2NO4. The Morgan fingerprint density at radius 1 is 1.14 bits per heavy atom. The van der Waals surface area contributed by atoms with Crippen molar-refractivity contribution in [1.29, 1.82) is 0 Å². The maximum Gasteiger partial charge on any atom is 0.340 e. The van der Waals surface area contributed by atoms with Crippen molar-refractivity contribution in [2.45, 2.75) is 13.3 Å². The monoisotopic (exact) mass is 395 g/mol. The first-order valence-corrected chi connectivity index (χ1v) is 8.75. The molecule has 0 saturated heterocycles. The largest absolute Gasteiger partial charge is 0.505 e. The van der Waals surface area contributed by atoms with Crippen molar-refractivity contribution in [2.75, 3.05) is 0 Å². The van der Waals surface area contributed by atoms with E-state index < -0.39 is 23.0 Å². The summed E-state index contributed by atoms with van der Waals surface area (Å²) in [5.41, 5.74) is 0.715. The summed E-state index contributed by atoms with van der Waals surface area (Å²) in [6.07, 6.45) is 1.37. The molecule has 29 heavy (non-hydrogen) atoms. The van der Waals surface area contributed by atoms with Gasteiger partial charge in [0.15, 0.2) is 17.4 Å². The van der Waals surface area contributed by atoms with Crippen molar-refractivity contribution < 1.29 is 23.0 Å². The topological polar surface area (TPSA) is 72.6 Å². The molecule has 5 nitrogen and oxygen atoms in total. The van der Waals surface area contributed by atoms with E-state index in [2.05, 4.69) is 4.98 Å². The first kappa shape index (κ1) is 18.6. The highest BCUT2D eigenvalue weighted by Gasteiger charge is 2.16. The summed E-state index contributed by atoms with van der Waals surface area (Å²) in [6.45, 7) is 1.73. The molecule has 0 spiro atoms. The fraction of sp³-hybridized carbons (Fsp3) is 0.0909. The summed E-state index contributed by atoms with van der Waals surface area (Å²) >= 11 is 0. The lowest BCUT2D eigenvalue weighted by molar-refractivity contribution is 0.422. The van der Waals surface area contributed by atoms with Crippen molar-refractivity contribution in [3.63, 3.8) is 0 Å². The highest BCUT2D eigenvalue weighted by molar-refractivity contribution is 5.82. The van der Waals surface area contributed by atoms with E-state index in [0.717, 1.165) is 0 Å². The number of phenolic OH excluding ortho intramolecular Hbond substituents is 1. The molecule has 0 aliphatic carbocycles. The first-order chi connectivity index (χ1) is 13.9. The van der Waals surface area contributed by atoms with Gasteiger partial charge in [-0.15, -0.1) is 0 Å². The van der Waals surface area contributed by atoms with Gasteiger partial charge in [-0.1, -0.05) is 12.1 Å². The van der Waals surface area contributed by atoms with Gasteiger partial charge in [-0.2, -0.15) is 0 Å². The second-order valence-corrected chi connectivity index (χ2v) is 6.47. The highest BCUT2D eigenvalue weighted by Crippen LogP contribution is 2.29. The zero-order valence-electron chi connectivity index (χ0n) is 15.3. The Kier molecular flexibility index (Phi) is 4.72. The van der Waals surface area contributed by atoms with E-state index in [1.54, 1.807) is 19.1 Å². The molecule has 0 radical (unpaired) electrons. The van der Waals surface area contributed by atoms with Gasteiger partial charge in [0.25, 0.3) is 5.88 Å². The number of aromatic hydroxyl groups is 1. The van der Waals surface area contributed by atoms with Crippen LogP contribution < -0.4 is 10.4 Å². The van der Waals surface area contributed by atoms with E-state index in [-0.39, 0.29) is 34.8 Å². The minimum atomic E-state index is -0.771. The van der Waals surface area contributed by atoms with E-state index in [4.69, 9.17) is 9.15 Å². The molecule has 0 fully saturated rings. The smallest absolute Gasteiger partial charge is 0.340 e. The van der Waals surface area contributed by atoms with Crippen LogP contribution in [0.3, 0.4) is 0 Å². The maximum atomic E-state index is 14.1. The van der Waals surface area contributed by atoms with Crippen LogP contribution in [0.1, 0.15) is 16.7 Å². The molecule has 0 bridgehead atoms. The number of aryl methyl sites for hydroxylation is 1. The quantitative estimate of drug-likeness (QED) is 0.500. The van der Waals surface area contributed by atoms with Crippen LogP contribution >= 0.6 is 0 Å². The number of rotatable bonds is 4. The normalized spacial score (nSPS) is 11.0. The number of aromatic nitrogens is 1. The van der Waals surface area contributed by atoms with Crippen LogP contribution in [0, 0.1) is 18.6 Å². The fourth-order valence-electron chi connectivity index (χ4n) is 3.09. The average Bonchev–Trinajstić information content (AvgIpc) is 2.70. The molecule has 0 amide bonds. The first-order valence-electron chi connectivity index (χ1n) is 8.75. The van der Waals surface area contributed by atoms with Gasteiger partial charge in [0.2, 0.25) is 0 Å². The molecule has 146 valence electrons. The van der Waals surface area contributed by atoms with Gasteiger partial charge < -0.3 is 14.3 Å². The molecule has 0 atom stereocenters. The second-order valence-electron chi connectivity index (χ2n) is 6.47. The molecule has 2 aromatic carbocycles. The van der Waals surface area contributed by atoms with Crippen LogP contribution in [0.25, 0.3) is 11.0 Å². The summed E-state index contributed by atoms with van der Waals surface area (Å²) in [7, 11) is 0. The van der Waals surface area contributed by atoms with Crippen LogP contribution in [0.15, 0.2) is 63.9 Å². The molecular weight excluding hydrogens is 380 g/mol. The predicted molar refractivity (Wildman–Crippen MR) is 102 cm³/mol. The molecule has 0 aliphatic rings. The summed E-state index contributed by atoms with van der Waals surface area (Å²) < 4.78 is 38.7. The minimum absolute atomic E-state index is 0.0261. The van der Waals surface area contributed by atoms with E-state index in [1.165, 1.54) is 42.6 Å². The lowest BCUT2D eigenvalue weighted by Gasteiger charge is -2.10. The number of hydrogen-bond donors (Lipinski definition) is 1. The molecule has 0 saturated carbocycles. The van der Waals surface area contributed by atoms with E-state index in [9.17, 15) is 18.7 Å². The minimum Gasteiger partial charge on any atom is -0.505 e. The Morgan fingerprint density at radius 3 is 2.76 bits per heavy atom. The van der Waals surface area contributed by atoms with Gasteiger partial charge >= 0.3 is 5.63 Å².